The number of rotatable bonds is 2. The lowest BCUT2D eigenvalue weighted by Gasteiger charge is -2.42. The summed E-state index contributed by atoms with van der Waals surface area (Å²) in [7, 11) is 0. The second-order valence-electron chi connectivity index (χ2n) is 3.41. The Hall–Kier alpha value is -0.730. The zero-order chi connectivity index (χ0) is 13.6. The van der Waals surface area contributed by atoms with Crippen molar-refractivity contribution in [2.75, 3.05) is 0 Å². The van der Waals surface area contributed by atoms with E-state index in [0.717, 1.165) is 0 Å². The van der Waals surface area contributed by atoms with Crippen molar-refractivity contribution < 1.29 is 36.2 Å². The van der Waals surface area contributed by atoms with Crippen LogP contribution in [-0.2, 0) is 4.79 Å². The van der Waals surface area contributed by atoms with Gasteiger partial charge in [-0.3, -0.25) is 0 Å². The molecule has 0 aliphatic heterocycles. The summed E-state index contributed by atoms with van der Waals surface area (Å²) < 4.78 is 78.3. The standard InChI is InChI=1S/C8H5BrF6O2/c9-4(5(16)17)6(11)2-1-3(10)7(12,13)8(6,14)15/h1-4H,(H,16,17)/p-1. The Morgan fingerprint density at radius 1 is 1.29 bits per heavy atom. The fourth-order valence-electron chi connectivity index (χ4n) is 1.29. The van der Waals surface area contributed by atoms with Crippen molar-refractivity contribution in [1.29, 1.82) is 0 Å². The number of allylic oxidation sites excluding steroid dienone is 2. The first-order valence-corrected chi connectivity index (χ1v) is 5.03. The van der Waals surface area contributed by atoms with Gasteiger partial charge in [0.2, 0.25) is 5.67 Å². The minimum absolute atomic E-state index is 0.144. The normalized spacial score (nSPS) is 36.5. The number of carboxylic acids is 1. The summed E-state index contributed by atoms with van der Waals surface area (Å²) in [6.07, 6.45) is -3.78. The van der Waals surface area contributed by atoms with Crippen molar-refractivity contribution in [2.45, 2.75) is 28.5 Å². The quantitative estimate of drug-likeness (QED) is 0.437. The van der Waals surface area contributed by atoms with Gasteiger partial charge in [0.25, 0.3) is 0 Å². The lowest BCUT2D eigenvalue weighted by Crippen LogP contribution is -2.66. The summed E-state index contributed by atoms with van der Waals surface area (Å²) in [4.78, 5) is 7.54. The second-order valence-corrected chi connectivity index (χ2v) is 4.32. The third-order valence-electron chi connectivity index (χ3n) is 2.33. The number of carboxylic acid groups (broad SMARTS) is 1. The maximum Gasteiger partial charge on any atom is 0.351 e. The molecule has 0 amide bonds. The van der Waals surface area contributed by atoms with Gasteiger partial charge < -0.3 is 9.90 Å². The number of alkyl halides is 7. The van der Waals surface area contributed by atoms with Crippen LogP contribution in [0.2, 0.25) is 0 Å². The van der Waals surface area contributed by atoms with Gasteiger partial charge in [-0.15, -0.1) is 0 Å². The van der Waals surface area contributed by atoms with Crippen LogP contribution in [0.3, 0.4) is 0 Å². The fraction of sp³-hybridized carbons (Fsp3) is 0.625. The van der Waals surface area contributed by atoms with E-state index in [1.807, 2.05) is 15.9 Å². The molecule has 0 heterocycles. The molecule has 9 heteroatoms. The number of carbonyl (C=O) groups is 1. The van der Waals surface area contributed by atoms with Crippen LogP contribution in [0.15, 0.2) is 12.2 Å². The molecule has 0 bridgehead atoms. The van der Waals surface area contributed by atoms with Gasteiger partial charge in [-0.1, -0.05) is 15.9 Å². The maximum absolute atomic E-state index is 13.7. The van der Waals surface area contributed by atoms with Crippen molar-refractivity contribution >= 4 is 21.9 Å². The van der Waals surface area contributed by atoms with Gasteiger partial charge >= 0.3 is 11.8 Å². The van der Waals surface area contributed by atoms with Crippen LogP contribution < -0.4 is 5.11 Å². The highest BCUT2D eigenvalue weighted by Gasteiger charge is 2.75. The van der Waals surface area contributed by atoms with Gasteiger partial charge in [0.05, 0.1) is 10.8 Å². The van der Waals surface area contributed by atoms with Crippen LogP contribution in [0.4, 0.5) is 26.3 Å². The van der Waals surface area contributed by atoms with E-state index in [1.54, 1.807) is 0 Å². The van der Waals surface area contributed by atoms with E-state index >= 15 is 0 Å². The Morgan fingerprint density at radius 2 is 1.76 bits per heavy atom. The van der Waals surface area contributed by atoms with E-state index in [2.05, 4.69) is 0 Å². The van der Waals surface area contributed by atoms with Crippen molar-refractivity contribution in [1.82, 2.24) is 0 Å². The Morgan fingerprint density at radius 3 is 2.18 bits per heavy atom. The Kier molecular flexibility index (Phi) is 3.28. The van der Waals surface area contributed by atoms with E-state index in [9.17, 15) is 36.2 Å². The predicted molar refractivity (Wildman–Crippen MR) is 45.5 cm³/mol. The summed E-state index contributed by atoms with van der Waals surface area (Å²) in [5.74, 6) is -13.2. The fourth-order valence-corrected chi connectivity index (χ4v) is 1.73. The highest BCUT2D eigenvalue weighted by molar-refractivity contribution is 9.10. The smallest absolute Gasteiger partial charge is 0.351 e. The predicted octanol–water partition coefficient (Wildman–Crippen LogP) is 1.39. The second kappa shape index (κ2) is 3.89. The molecular formula is C8H4BrF6O2-. The molecular weight excluding hydrogens is 322 g/mol. The first-order valence-electron chi connectivity index (χ1n) is 4.11. The molecule has 1 aliphatic rings. The van der Waals surface area contributed by atoms with Crippen LogP contribution in [-0.4, -0.2) is 34.5 Å². The third kappa shape index (κ3) is 1.74. The summed E-state index contributed by atoms with van der Waals surface area (Å²) in [5.41, 5.74) is -4.28. The molecule has 0 aromatic heterocycles. The average molecular weight is 326 g/mol. The molecule has 3 atom stereocenters. The molecule has 0 spiro atoms. The van der Waals surface area contributed by atoms with Gasteiger partial charge in [-0.2, -0.15) is 17.6 Å². The van der Waals surface area contributed by atoms with Crippen LogP contribution in [0.5, 0.6) is 0 Å². The number of halogens is 7. The first-order chi connectivity index (χ1) is 7.48. The van der Waals surface area contributed by atoms with Crippen LogP contribution in [0.25, 0.3) is 0 Å². The minimum atomic E-state index is -5.53. The number of hydrogen-bond acceptors (Lipinski definition) is 2. The van der Waals surface area contributed by atoms with Crippen LogP contribution in [0.1, 0.15) is 0 Å². The van der Waals surface area contributed by atoms with Crippen LogP contribution >= 0.6 is 15.9 Å². The number of carbonyl (C=O) groups excluding carboxylic acids is 1. The summed E-state index contributed by atoms with van der Waals surface area (Å²) in [6.45, 7) is 0. The molecule has 0 fully saturated rings. The molecule has 0 N–H and O–H groups in total. The molecule has 0 aromatic rings. The Balaban J connectivity index is 3.35. The van der Waals surface area contributed by atoms with Gasteiger partial charge in [-0.25, -0.2) is 8.78 Å². The van der Waals surface area contributed by atoms with Crippen molar-refractivity contribution in [3.63, 3.8) is 0 Å². The van der Waals surface area contributed by atoms with Crippen molar-refractivity contribution in [3.8, 4) is 0 Å². The average Bonchev–Trinajstić information content (AvgIpc) is 2.21. The molecule has 0 saturated carbocycles. The van der Waals surface area contributed by atoms with Gasteiger partial charge in [0.1, 0.15) is 0 Å². The summed E-state index contributed by atoms with van der Waals surface area (Å²) in [5, 5.41) is 10.3. The first kappa shape index (κ1) is 14.3. The third-order valence-corrected chi connectivity index (χ3v) is 3.37. The molecule has 2 nitrogen and oxygen atoms in total. The lowest BCUT2D eigenvalue weighted by molar-refractivity contribution is -0.317. The largest absolute Gasteiger partial charge is 0.549 e. The highest BCUT2D eigenvalue weighted by Crippen LogP contribution is 2.53. The lowest BCUT2D eigenvalue weighted by atomic mass is 9.82. The van der Waals surface area contributed by atoms with E-state index in [1.165, 1.54) is 0 Å². The molecule has 3 unspecified atom stereocenters. The van der Waals surface area contributed by atoms with Crippen molar-refractivity contribution in [3.05, 3.63) is 12.2 Å². The number of hydrogen-bond donors (Lipinski definition) is 0. The van der Waals surface area contributed by atoms with E-state index in [4.69, 9.17) is 0 Å². The Labute approximate surface area is 99.4 Å². The molecule has 98 valence electrons. The topological polar surface area (TPSA) is 40.1 Å². The van der Waals surface area contributed by atoms with Gasteiger partial charge in [-0.05, 0) is 12.2 Å². The molecule has 0 aromatic carbocycles. The van der Waals surface area contributed by atoms with E-state index in [0.29, 0.717) is 0 Å². The van der Waals surface area contributed by atoms with E-state index in [-0.39, 0.29) is 12.2 Å². The molecule has 0 radical (unpaired) electrons. The monoisotopic (exact) mass is 325 g/mol. The molecule has 1 rings (SSSR count). The SMILES string of the molecule is O=C([O-])C(Br)C1(F)C=CC(F)C(F)(F)C1(F)F. The summed E-state index contributed by atoms with van der Waals surface area (Å²) in [6, 6.07) is 0. The van der Waals surface area contributed by atoms with Gasteiger partial charge in [0, 0.05) is 0 Å². The van der Waals surface area contributed by atoms with Crippen molar-refractivity contribution in [2.24, 2.45) is 0 Å². The van der Waals surface area contributed by atoms with Crippen LogP contribution in [0, 0.1) is 0 Å². The molecule has 0 saturated heterocycles. The molecule has 1 aliphatic carbocycles. The van der Waals surface area contributed by atoms with Gasteiger partial charge in [0.15, 0.2) is 6.17 Å². The zero-order valence-electron chi connectivity index (χ0n) is 7.77. The maximum atomic E-state index is 13.7. The molecule has 17 heavy (non-hydrogen) atoms. The highest BCUT2D eigenvalue weighted by atomic mass is 79.9. The zero-order valence-corrected chi connectivity index (χ0v) is 9.36. The van der Waals surface area contributed by atoms with E-state index < -0.39 is 34.5 Å². The minimum Gasteiger partial charge on any atom is -0.549 e. The summed E-state index contributed by atoms with van der Waals surface area (Å²) >= 11 is 1.98. The Bertz CT molecular complexity index is 371. The number of aliphatic carboxylic acids is 1.